The van der Waals surface area contributed by atoms with Crippen LogP contribution in [0.5, 0.6) is 0 Å². The van der Waals surface area contributed by atoms with Crippen LogP contribution in [-0.4, -0.2) is 109 Å². The zero-order chi connectivity index (χ0) is 37.4. The lowest BCUT2D eigenvalue weighted by Gasteiger charge is -2.37. The maximum Gasteiger partial charge on any atom is 0.220 e. The molecule has 2 saturated carbocycles. The molecule has 0 atom stereocenters. The summed E-state index contributed by atoms with van der Waals surface area (Å²) in [5.74, 6) is 4.03. The number of piperazine rings is 2. The van der Waals surface area contributed by atoms with Gasteiger partial charge in [0, 0.05) is 89.7 Å². The minimum Gasteiger partial charge on any atom is -0.353 e. The minimum absolute atomic E-state index is 0.111. The number of thiophene rings is 2. The van der Waals surface area contributed by atoms with E-state index in [1.165, 1.54) is 71.8 Å². The van der Waals surface area contributed by atoms with Crippen molar-refractivity contribution >= 4 is 66.3 Å². The molecule has 4 aromatic heterocycles. The van der Waals surface area contributed by atoms with Crippen LogP contribution in [0.4, 0.5) is 11.6 Å². The Kier molecular flexibility index (Phi) is 13.1. The van der Waals surface area contributed by atoms with Crippen molar-refractivity contribution in [3.8, 4) is 0 Å². The largest absolute Gasteiger partial charge is 0.353 e. The molecule has 2 aliphatic heterocycles. The molecule has 0 radical (unpaired) electrons. The number of anilines is 2. The molecule has 6 heterocycles. The number of carbonyl (C=O) groups is 2. The maximum atomic E-state index is 12.7. The Balaban J connectivity index is 0.635. The van der Waals surface area contributed by atoms with Crippen molar-refractivity contribution in [1.82, 2.24) is 30.4 Å². The van der Waals surface area contributed by atoms with E-state index < -0.39 is 0 Å². The summed E-state index contributed by atoms with van der Waals surface area (Å²) in [6, 6.07) is 9.16. The molecule has 2 amide bonds. The number of fused-ring (bicyclic) bond motifs is 2. The van der Waals surface area contributed by atoms with Gasteiger partial charge in [-0.3, -0.25) is 19.4 Å². The highest BCUT2D eigenvalue weighted by atomic mass is 32.1. The number of nitrogens with zero attached hydrogens (tertiary/aromatic N) is 6. The van der Waals surface area contributed by atoms with Gasteiger partial charge in [0.15, 0.2) is 0 Å². The number of aromatic nitrogens is 2. The number of amides is 2. The molecule has 10 nitrogen and oxygen atoms in total. The molecule has 12 heteroatoms. The molecule has 0 bridgehead atoms. The summed E-state index contributed by atoms with van der Waals surface area (Å²) in [5, 5.41) is 13.5. The molecule has 2 aliphatic carbocycles. The topological polar surface area (TPSA) is 96.9 Å². The predicted molar refractivity (Wildman–Crippen MR) is 227 cm³/mol. The molecule has 4 fully saturated rings. The van der Waals surface area contributed by atoms with Gasteiger partial charge in [0.2, 0.25) is 11.8 Å². The van der Waals surface area contributed by atoms with E-state index in [2.05, 4.69) is 65.3 Å². The lowest BCUT2D eigenvalue weighted by molar-refractivity contribution is -0.123. The zero-order valence-corrected chi connectivity index (χ0v) is 34.1. The molecular formula is C43H60N8O2S2. The number of hydrogen-bond acceptors (Lipinski definition) is 10. The molecule has 2 N–H and O–H groups in total. The van der Waals surface area contributed by atoms with Crippen molar-refractivity contribution in [2.75, 3.05) is 75.2 Å². The Morgan fingerprint density at radius 2 is 1.00 bits per heavy atom. The van der Waals surface area contributed by atoms with Gasteiger partial charge in [-0.2, -0.15) is 0 Å². The fourth-order valence-electron chi connectivity index (χ4n) is 9.51. The normalized spacial score (nSPS) is 24.4. The number of hydrogen-bond donors (Lipinski definition) is 2. The van der Waals surface area contributed by atoms with Gasteiger partial charge in [0.1, 0.15) is 11.6 Å². The van der Waals surface area contributed by atoms with Crippen LogP contribution in [0.2, 0.25) is 0 Å². The fraction of sp³-hybridized carbons (Fsp3) is 0.628. The van der Waals surface area contributed by atoms with E-state index in [0.29, 0.717) is 19.3 Å². The summed E-state index contributed by atoms with van der Waals surface area (Å²) in [7, 11) is 0. The molecule has 4 aliphatic rings. The third-order valence-electron chi connectivity index (χ3n) is 13.0. The zero-order valence-electron chi connectivity index (χ0n) is 32.5. The van der Waals surface area contributed by atoms with Crippen molar-refractivity contribution in [2.45, 2.75) is 95.6 Å². The van der Waals surface area contributed by atoms with E-state index in [-0.39, 0.29) is 23.9 Å². The molecule has 296 valence electrons. The minimum atomic E-state index is 0.111. The second-order valence-corrected chi connectivity index (χ2v) is 18.4. The quantitative estimate of drug-likeness (QED) is 0.139. The highest BCUT2D eigenvalue weighted by molar-refractivity contribution is 7.18. The molecule has 0 spiro atoms. The lowest BCUT2D eigenvalue weighted by atomic mass is 9.84. The first kappa shape index (κ1) is 38.5. The van der Waals surface area contributed by atoms with Gasteiger partial charge < -0.3 is 20.4 Å². The first-order valence-corrected chi connectivity index (χ1v) is 23.0. The standard InChI is InChI=1S/C43H60N8O2S2/c52-38(46-36-8-4-32(5-9-36)14-20-48-22-26-50(27-23-48)42-40-34(12-18-44-42)16-30-54-40)2-1-3-39(53)47-37-10-6-33(7-11-37)15-21-49-24-28-51(29-25-49)43-41-35(13-19-45-43)17-31-55-41/h12-13,16-19,30-33,36-37H,1-11,14-15,20-29H2,(H,46,52)(H,47,53). The van der Waals surface area contributed by atoms with Crippen molar-refractivity contribution in [3.05, 3.63) is 47.4 Å². The summed E-state index contributed by atoms with van der Waals surface area (Å²) < 4.78 is 2.62. The monoisotopic (exact) mass is 784 g/mol. The maximum absolute atomic E-state index is 12.7. The van der Waals surface area contributed by atoms with Gasteiger partial charge in [-0.05, 0) is 141 Å². The summed E-state index contributed by atoms with van der Waals surface area (Å²) in [6.45, 7) is 10.9. The summed E-state index contributed by atoms with van der Waals surface area (Å²) >= 11 is 3.59. The van der Waals surface area contributed by atoms with E-state index in [9.17, 15) is 9.59 Å². The van der Waals surface area contributed by atoms with Gasteiger partial charge in [0.05, 0.1) is 9.40 Å². The van der Waals surface area contributed by atoms with Crippen LogP contribution in [0.3, 0.4) is 0 Å². The Hall–Kier alpha value is -3.32. The Morgan fingerprint density at radius 3 is 1.42 bits per heavy atom. The summed E-state index contributed by atoms with van der Waals surface area (Å²) in [5.41, 5.74) is 0. The number of pyridine rings is 2. The third-order valence-corrected chi connectivity index (χ3v) is 14.8. The van der Waals surface area contributed by atoms with E-state index >= 15 is 0 Å². The number of nitrogens with one attached hydrogen (secondary N) is 2. The van der Waals surface area contributed by atoms with Crippen LogP contribution < -0.4 is 20.4 Å². The highest BCUT2D eigenvalue weighted by Crippen LogP contribution is 2.33. The van der Waals surface area contributed by atoms with Crippen LogP contribution in [0.1, 0.15) is 83.5 Å². The van der Waals surface area contributed by atoms with Crippen LogP contribution >= 0.6 is 22.7 Å². The Morgan fingerprint density at radius 1 is 0.582 bits per heavy atom. The molecular weight excluding hydrogens is 725 g/mol. The fourth-order valence-corrected chi connectivity index (χ4v) is 11.3. The van der Waals surface area contributed by atoms with Crippen molar-refractivity contribution in [1.29, 1.82) is 0 Å². The second-order valence-electron chi connectivity index (χ2n) is 16.6. The Labute approximate surface area is 335 Å². The van der Waals surface area contributed by atoms with Crippen LogP contribution in [-0.2, 0) is 9.59 Å². The third kappa shape index (κ3) is 10.2. The lowest BCUT2D eigenvalue weighted by Crippen LogP contribution is -2.47. The smallest absolute Gasteiger partial charge is 0.220 e. The van der Waals surface area contributed by atoms with E-state index in [1.807, 2.05) is 12.4 Å². The molecule has 55 heavy (non-hydrogen) atoms. The van der Waals surface area contributed by atoms with Crippen molar-refractivity contribution in [2.24, 2.45) is 11.8 Å². The first-order valence-electron chi connectivity index (χ1n) is 21.2. The van der Waals surface area contributed by atoms with Crippen LogP contribution in [0, 0.1) is 11.8 Å². The van der Waals surface area contributed by atoms with Gasteiger partial charge in [-0.1, -0.05) is 0 Å². The first-order chi connectivity index (χ1) is 27.0. The average molecular weight is 785 g/mol. The summed E-state index contributed by atoms with van der Waals surface area (Å²) in [4.78, 5) is 45.1. The van der Waals surface area contributed by atoms with Gasteiger partial charge in [-0.25, -0.2) is 9.97 Å². The van der Waals surface area contributed by atoms with Gasteiger partial charge >= 0.3 is 0 Å². The van der Waals surface area contributed by atoms with E-state index in [1.54, 1.807) is 22.7 Å². The van der Waals surface area contributed by atoms with E-state index in [0.717, 1.165) is 102 Å². The molecule has 4 aromatic rings. The van der Waals surface area contributed by atoms with E-state index in [4.69, 9.17) is 9.97 Å². The highest BCUT2D eigenvalue weighted by Gasteiger charge is 2.27. The van der Waals surface area contributed by atoms with Crippen LogP contribution in [0.25, 0.3) is 20.2 Å². The molecule has 0 aromatic carbocycles. The number of carbonyl (C=O) groups excluding carboxylic acids is 2. The Bertz CT molecular complexity index is 1700. The molecule has 8 rings (SSSR count). The molecule has 2 saturated heterocycles. The predicted octanol–water partition coefficient (Wildman–Crippen LogP) is 7.15. The average Bonchev–Trinajstić information content (AvgIpc) is 3.91. The van der Waals surface area contributed by atoms with Crippen molar-refractivity contribution < 1.29 is 9.59 Å². The summed E-state index contributed by atoms with van der Waals surface area (Å²) in [6.07, 6.45) is 17.0. The van der Waals surface area contributed by atoms with Gasteiger partial charge in [-0.15, -0.1) is 22.7 Å². The van der Waals surface area contributed by atoms with Crippen molar-refractivity contribution in [3.63, 3.8) is 0 Å². The number of rotatable bonds is 14. The second kappa shape index (κ2) is 18.7. The molecule has 0 unspecified atom stereocenters. The van der Waals surface area contributed by atoms with Gasteiger partial charge in [0.25, 0.3) is 0 Å². The van der Waals surface area contributed by atoms with Crippen LogP contribution in [0.15, 0.2) is 47.4 Å². The SMILES string of the molecule is O=C(CCCC(=O)NC1CCC(CCN2CCN(c3nccc4ccsc34)CC2)CC1)NC1CCC(CCN2CCN(c3nccc4ccsc34)CC2)CC1.